The Bertz CT molecular complexity index is 210. The molecular weight excluding hydrogens is 306 g/mol. The molecule has 0 aliphatic heterocycles. The number of nitrogens with zero attached hydrogens (tertiary/aromatic N) is 1. The van der Waals surface area contributed by atoms with Crippen molar-refractivity contribution in [2.45, 2.75) is 66.2 Å². The number of rotatable bonds is 11. The molecule has 4 heteroatoms. The number of carbonyl (C=O) groups is 1. The normalized spacial score (nSPS) is 10.9. The summed E-state index contributed by atoms with van der Waals surface area (Å²) < 4.78 is 6.30. The maximum absolute atomic E-state index is 11.6. The quantitative estimate of drug-likeness (QED) is 0.240. The fourth-order valence-corrected chi connectivity index (χ4v) is 2.10. The molecule has 0 amide bonds. The van der Waals surface area contributed by atoms with Crippen molar-refractivity contribution >= 4 is 5.97 Å². The standard InChI is InChI=1S/C15H32NO2.BrH/c1-5-9-10-11-12-13-15(17)18-14-16(6-2,7-3)8-4;/h5-14H2,1-4H3;1H/q+1;/p-1. The van der Waals surface area contributed by atoms with E-state index in [1.165, 1.54) is 19.3 Å². The fraction of sp³-hybridized carbons (Fsp3) is 0.933. The maximum atomic E-state index is 11.6. The van der Waals surface area contributed by atoms with Gasteiger partial charge in [-0.2, -0.15) is 0 Å². The minimum Gasteiger partial charge on any atom is -1.00 e. The summed E-state index contributed by atoms with van der Waals surface area (Å²) in [5, 5.41) is 0. The first-order chi connectivity index (χ1) is 8.64. The number of quaternary nitrogens is 1. The van der Waals surface area contributed by atoms with Crippen LogP contribution in [0.2, 0.25) is 0 Å². The molecule has 0 unspecified atom stereocenters. The van der Waals surface area contributed by atoms with E-state index in [0.717, 1.165) is 37.0 Å². The Morgan fingerprint density at radius 1 is 0.895 bits per heavy atom. The van der Waals surface area contributed by atoms with Gasteiger partial charge in [-0.1, -0.05) is 32.6 Å². The number of halogens is 1. The van der Waals surface area contributed by atoms with Crippen LogP contribution in [0.25, 0.3) is 0 Å². The lowest BCUT2D eigenvalue weighted by atomic mass is 10.1. The molecule has 0 atom stereocenters. The van der Waals surface area contributed by atoms with Gasteiger partial charge in [0.2, 0.25) is 6.73 Å². The minimum absolute atomic E-state index is 0. The van der Waals surface area contributed by atoms with Gasteiger partial charge >= 0.3 is 5.97 Å². The van der Waals surface area contributed by atoms with Gasteiger partial charge in [0.15, 0.2) is 0 Å². The number of carbonyl (C=O) groups excluding carboxylic acids is 1. The summed E-state index contributed by atoms with van der Waals surface area (Å²) in [7, 11) is 0. The molecule has 0 radical (unpaired) electrons. The lowest BCUT2D eigenvalue weighted by Gasteiger charge is -2.34. The Morgan fingerprint density at radius 3 is 1.89 bits per heavy atom. The number of hydrogen-bond acceptors (Lipinski definition) is 2. The number of unbranched alkanes of at least 4 members (excludes halogenated alkanes) is 4. The highest BCUT2D eigenvalue weighted by molar-refractivity contribution is 5.69. The molecule has 0 saturated heterocycles. The second-order valence-electron chi connectivity index (χ2n) is 5.10. The molecular formula is C15H32BrNO2. The Balaban J connectivity index is 0. The zero-order chi connectivity index (χ0) is 13.9. The smallest absolute Gasteiger partial charge is 0.310 e. The van der Waals surface area contributed by atoms with E-state index >= 15 is 0 Å². The summed E-state index contributed by atoms with van der Waals surface area (Å²) in [4.78, 5) is 11.6. The second kappa shape index (κ2) is 12.9. The molecule has 19 heavy (non-hydrogen) atoms. The van der Waals surface area contributed by atoms with Crippen LogP contribution in [-0.2, 0) is 9.53 Å². The van der Waals surface area contributed by atoms with Crippen LogP contribution in [0.3, 0.4) is 0 Å². The van der Waals surface area contributed by atoms with Crippen molar-refractivity contribution < 1.29 is 31.0 Å². The number of esters is 1. The molecule has 0 aliphatic carbocycles. The van der Waals surface area contributed by atoms with Gasteiger partial charge in [-0.15, -0.1) is 0 Å². The van der Waals surface area contributed by atoms with Crippen molar-refractivity contribution in [3.63, 3.8) is 0 Å². The van der Waals surface area contributed by atoms with E-state index in [1.807, 2.05) is 0 Å². The predicted octanol–water partition coefficient (Wildman–Crippen LogP) is 0.728. The molecule has 0 aromatic rings. The first kappa shape index (κ1) is 21.2. The SMILES string of the molecule is CCCCCCCC(=O)OC[N+](CC)(CC)CC.[Br-]. The van der Waals surface area contributed by atoms with Crippen LogP contribution < -0.4 is 17.0 Å². The molecule has 0 aliphatic rings. The molecule has 0 heterocycles. The van der Waals surface area contributed by atoms with Gasteiger partial charge in [0.1, 0.15) is 0 Å². The van der Waals surface area contributed by atoms with E-state index in [-0.39, 0.29) is 23.0 Å². The Hall–Kier alpha value is -0.0900. The predicted molar refractivity (Wildman–Crippen MR) is 76.2 cm³/mol. The highest BCUT2D eigenvalue weighted by Gasteiger charge is 2.22. The van der Waals surface area contributed by atoms with Crippen LogP contribution in [0.4, 0.5) is 0 Å². The molecule has 0 spiro atoms. The molecule has 0 rings (SSSR count). The van der Waals surface area contributed by atoms with Crippen molar-refractivity contribution in [2.24, 2.45) is 0 Å². The fourth-order valence-electron chi connectivity index (χ4n) is 2.10. The van der Waals surface area contributed by atoms with Crippen LogP contribution in [-0.4, -0.2) is 36.8 Å². The topological polar surface area (TPSA) is 26.3 Å². The molecule has 3 nitrogen and oxygen atoms in total. The summed E-state index contributed by atoms with van der Waals surface area (Å²) in [6, 6.07) is 0. The largest absolute Gasteiger partial charge is 1.00 e. The molecule has 0 fully saturated rings. The van der Waals surface area contributed by atoms with Gasteiger partial charge in [0, 0.05) is 6.42 Å². The molecule has 0 N–H and O–H groups in total. The van der Waals surface area contributed by atoms with Crippen molar-refractivity contribution in [3.8, 4) is 0 Å². The maximum Gasteiger partial charge on any atom is 0.310 e. The van der Waals surface area contributed by atoms with Crippen LogP contribution in [0, 0.1) is 0 Å². The molecule has 116 valence electrons. The average Bonchev–Trinajstić information content (AvgIpc) is 2.41. The molecule has 0 saturated carbocycles. The summed E-state index contributed by atoms with van der Waals surface area (Å²) in [6.45, 7) is 12.3. The van der Waals surface area contributed by atoms with Gasteiger partial charge < -0.3 is 21.7 Å². The van der Waals surface area contributed by atoms with Gasteiger partial charge in [0.25, 0.3) is 0 Å². The lowest BCUT2D eigenvalue weighted by Crippen LogP contribution is -3.00. The van der Waals surface area contributed by atoms with E-state index < -0.39 is 0 Å². The summed E-state index contributed by atoms with van der Waals surface area (Å²) in [5.74, 6) is -0.0238. The van der Waals surface area contributed by atoms with E-state index in [9.17, 15) is 4.79 Å². The zero-order valence-electron chi connectivity index (χ0n) is 13.2. The summed E-state index contributed by atoms with van der Waals surface area (Å²) in [6.07, 6.45) is 6.47. The van der Waals surface area contributed by atoms with Crippen LogP contribution >= 0.6 is 0 Å². The monoisotopic (exact) mass is 337 g/mol. The Morgan fingerprint density at radius 2 is 1.42 bits per heavy atom. The van der Waals surface area contributed by atoms with Gasteiger partial charge in [-0.05, 0) is 27.2 Å². The average molecular weight is 338 g/mol. The van der Waals surface area contributed by atoms with Crippen LogP contribution in [0.1, 0.15) is 66.2 Å². The van der Waals surface area contributed by atoms with E-state index in [0.29, 0.717) is 13.2 Å². The highest BCUT2D eigenvalue weighted by Crippen LogP contribution is 2.09. The highest BCUT2D eigenvalue weighted by atomic mass is 79.9. The number of hydrogen-bond donors (Lipinski definition) is 0. The van der Waals surface area contributed by atoms with Gasteiger partial charge in [-0.25, -0.2) is 0 Å². The van der Waals surface area contributed by atoms with Gasteiger partial charge in [-0.3, -0.25) is 9.28 Å². The third kappa shape index (κ3) is 9.44. The first-order valence-corrected chi connectivity index (χ1v) is 7.64. The summed E-state index contributed by atoms with van der Waals surface area (Å²) >= 11 is 0. The van der Waals surface area contributed by atoms with Crippen LogP contribution in [0.15, 0.2) is 0 Å². The molecule has 0 bridgehead atoms. The second-order valence-corrected chi connectivity index (χ2v) is 5.10. The molecule has 0 aromatic heterocycles. The van der Waals surface area contributed by atoms with Crippen molar-refractivity contribution in [1.29, 1.82) is 0 Å². The Kier molecular flexibility index (Phi) is 14.4. The van der Waals surface area contributed by atoms with Crippen LogP contribution in [0.5, 0.6) is 0 Å². The third-order valence-electron chi connectivity index (χ3n) is 4.00. The minimum atomic E-state index is -0.0238. The van der Waals surface area contributed by atoms with E-state index in [1.54, 1.807) is 0 Å². The number of ether oxygens (including phenoxy) is 1. The zero-order valence-corrected chi connectivity index (χ0v) is 14.8. The Labute approximate surface area is 130 Å². The summed E-state index contributed by atoms with van der Waals surface area (Å²) in [5.41, 5.74) is 0. The van der Waals surface area contributed by atoms with E-state index in [4.69, 9.17) is 4.74 Å². The van der Waals surface area contributed by atoms with Gasteiger partial charge in [0.05, 0.1) is 19.6 Å². The van der Waals surface area contributed by atoms with E-state index in [2.05, 4.69) is 27.7 Å². The van der Waals surface area contributed by atoms with Crippen molar-refractivity contribution in [1.82, 2.24) is 0 Å². The first-order valence-electron chi connectivity index (χ1n) is 7.64. The third-order valence-corrected chi connectivity index (χ3v) is 4.00. The van der Waals surface area contributed by atoms with Crippen molar-refractivity contribution in [3.05, 3.63) is 0 Å². The molecule has 0 aromatic carbocycles. The lowest BCUT2D eigenvalue weighted by molar-refractivity contribution is -0.938. The van der Waals surface area contributed by atoms with Crippen molar-refractivity contribution in [2.75, 3.05) is 26.4 Å².